The topological polar surface area (TPSA) is 45.2 Å². The normalized spacial score (nSPS) is 10.4. The molecular formula is C16H21N3OS. The second-order valence-corrected chi connectivity index (χ2v) is 5.83. The Morgan fingerprint density at radius 2 is 2.10 bits per heavy atom. The van der Waals surface area contributed by atoms with E-state index in [9.17, 15) is 4.79 Å². The third kappa shape index (κ3) is 4.04. The van der Waals surface area contributed by atoms with Gasteiger partial charge in [-0.3, -0.25) is 4.79 Å². The molecule has 4 nitrogen and oxygen atoms in total. The van der Waals surface area contributed by atoms with Gasteiger partial charge in [0.25, 0.3) is 5.91 Å². The number of anilines is 1. The maximum absolute atomic E-state index is 12.3. The summed E-state index contributed by atoms with van der Waals surface area (Å²) < 4.78 is 0. The molecule has 1 N–H and O–H groups in total. The molecule has 1 aromatic heterocycles. The molecule has 0 spiro atoms. The van der Waals surface area contributed by atoms with Crippen molar-refractivity contribution in [3.05, 3.63) is 45.9 Å². The van der Waals surface area contributed by atoms with Crippen molar-refractivity contribution >= 4 is 22.9 Å². The summed E-state index contributed by atoms with van der Waals surface area (Å²) in [6, 6.07) is 7.64. The first-order valence-corrected chi connectivity index (χ1v) is 8.06. The van der Waals surface area contributed by atoms with Crippen molar-refractivity contribution in [2.75, 3.05) is 18.4 Å². The van der Waals surface area contributed by atoms with Crippen molar-refractivity contribution in [1.29, 1.82) is 0 Å². The first-order chi connectivity index (χ1) is 10.1. The number of carbonyl (C=O) groups is 1. The van der Waals surface area contributed by atoms with Gasteiger partial charge in [-0.25, -0.2) is 4.98 Å². The number of hydrogen-bond acceptors (Lipinski definition) is 4. The predicted octanol–water partition coefficient (Wildman–Crippen LogP) is 3.55. The standard InChI is InChI=1S/C16H21N3OS/c1-4-19(5-2)16(20)13-7-6-8-14(9-13)17-10-15-11-21-12(3)18-15/h6-9,11,17H,4-5,10H2,1-3H3. The Morgan fingerprint density at radius 1 is 1.33 bits per heavy atom. The Kier molecular flexibility index (Phi) is 5.33. The van der Waals surface area contributed by atoms with Crippen molar-refractivity contribution in [2.45, 2.75) is 27.3 Å². The van der Waals surface area contributed by atoms with Gasteiger partial charge in [-0.1, -0.05) is 6.07 Å². The van der Waals surface area contributed by atoms with Gasteiger partial charge in [-0.15, -0.1) is 11.3 Å². The van der Waals surface area contributed by atoms with Crippen LogP contribution in [0.5, 0.6) is 0 Å². The monoisotopic (exact) mass is 303 g/mol. The molecule has 1 amide bonds. The van der Waals surface area contributed by atoms with Gasteiger partial charge >= 0.3 is 0 Å². The van der Waals surface area contributed by atoms with E-state index in [1.165, 1.54) is 0 Å². The Balaban J connectivity index is 2.05. The summed E-state index contributed by atoms with van der Waals surface area (Å²) in [6.07, 6.45) is 0. The van der Waals surface area contributed by atoms with Crippen molar-refractivity contribution in [3.8, 4) is 0 Å². The molecule has 1 aromatic carbocycles. The fourth-order valence-electron chi connectivity index (χ4n) is 2.14. The number of thiazole rings is 1. The highest BCUT2D eigenvalue weighted by Crippen LogP contribution is 2.15. The summed E-state index contributed by atoms with van der Waals surface area (Å²) >= 11 is 1.65. The molecule has 1 heterocycles. The second-order valence-electron chi connectivity index (χ2n) is 4.77. The van der Waals surface area contributed by atoms with Crippen LogP contribution in [0, 0.1) is 6.92 Å². The number of aromatic nitrogens is 1. The lowest BCUT2D eigenvalue weighted by atomic mass is 10.1. The van der Waals surface area contributed by atoms with Gasteiger partial charge in [0, 0.05) is 29.7 Å². The van der Waals surface area contributed by atoms with Crippen molar-refractivity contribution in [2.24, 2.45) is 0 Å². The van der Waals surface area contributed by atoms with E-state index in [2.05, 4.69) is 10.3 Å². The third-order valence-electron chi connectivity index (χ3n) is 3.30. The summed E-state index contributed by atoms with van der Waals surface area (Å²) in [6.45, 7) is 8.11. The summed E-state index contributed by atoms with van der Waals surface area (Å²) in [7, 11) is 0. The van der Waals surface area contributed by atoms with Crippen LogP contribution >= 0.6 is 11.3 Å². The number of nitrogens with zero attached hydrogens (tertiary/aromatic N) is 2. The van der Waals surface area contributed by atoms with Crippen LogP contribution in [0.4, 0.5) is 5.69 Å². The molecule has 2 rings (SSSR count). The zero-order valence-corrected chi connectivity index (χ0v) is 13.5. The van der Waals surface area contributed by atoms with E-state index in [0.29, 0.717) is 6.54 Å². The van der Waals surface area contributed by atoms with E-state index in [1.807, 2.05) is 55.3 Å². The average molecular weight is 303 g/mol. The molecule has 0 aliphatic heterocycles. The van der Waals surface area contributed by atoms with Crippen LogP contribution in [-0.2, 0) is 6.54 Å². The Labute approximate surface area is 129 Å². The van der Waals surface area contributed by atoms with Crippen LogP contribution in [0.3, 0.4) is 0 Å². The first-order valence-electron chi connectivity index (χ1n) is 7.18. The molecule has 0 saturated carbocycles. The van der Waals surface area contributed by atoms with Gasteiger partial charge in [0.05, 0.1) is 17.2 Å². The Bertz CT molecular complexity index is 605. The van der Waals surface area contributed by atoms with Crippen molar-refractivity contribution in [1.82, 2.24) is 9.88 Å². The third-order valence-corrected chi connectivity index (χ3v) is 4.12. The molecule has 5 heteroatoms. The number of aryl methyl sites for hydroxylation is 1. The highest BCUT2D eigenvalue weighted by molar-refractivity contribution is 7.09. The van der Waals surface area contributed by atoms with E-state index in [1.54, 1.807) is 11.3 Å². The van der Waals surface area contributed by atoms with E-state index in [0.717, 1.165) is 35.0 Å². The lowest BCUT2D eigenvalue weighted by Gasteiger charge is -2.19. The zero-order chi connectivity index (χ0) is 15.2. The number of hydrogen-bond donors (Lipinski definition) is 1. The fraction of sp³-hybridized carbons (Fsp3) is 0.375. The molecule has 0 unspecified atom stereocenters. The van der Waals surface area contributed by atoms with Gasteiger partial charge in [0.1, 0.15) is 0 Å². The average Bonchev–Trinajstić information content (AvgIpc) is 2.92. The SMILES string of the molecule is CCN(CC)C(=O)c1cccc(NCc2csc(C)n2)c1. The molecule has 0 radical (unpaired) electrons. The molecule has 0 aliphatic carbocycles. The molecule has 2 aromatic rings. The van der Waals surface area contributed by atoms with E-state index < -0.39 is 0 Å². The van der Waals surface area contributed by atoms with Gasteiger partial charge in [-0.05, 0) is 39.0 Å². The Morgan fingerprint density at radius 3 is 2.71 bits per heavy atom. The first kappa shape index (κ1) is 15.5. The smallest absolute Gasteiger partial charge is 0.253 e. The highest BCUT2D eigenvalue weighted by Gasteiger charge is 2.12. The van der Waals surface area contributed by atoms with Crippen LogP contribution in [0.25, 0.3) is 0 Å². The summed E-state index contributed by atoms with van der Waals surface area (Å²) in [5.74, 6) is 0.0770. The summed E-state index contributed by atoms with van der Waals surface area (Å²) in [5, 5.41) is 6.43. The number of rotatable bonds is 6. The zero-order valence-electron chi connectivity index (χ0n) is 12.7. The molecule has 0 saturated heterocycles. The van der Waals surface area contributed by atoms with Crippen molar-refractivity contribution in [3.63, 3.8) is 0 Å². The minimum absolute atomic E-state index is 0.0770. The largest absolute Gasteiger partial charge is 0.379 e. The van der Waals surface area contributed by atoms with Crippen LogP contribution < -0.4 is 5.32 Å². The minimum atomic E-state index is 0.0770. The van der Waals surface area contributed by atoms with Crippen molar-refractivity contribution < 1.29 is 4.79 Å². The minimum Gasteiger partial charge on any atom is -0.379 e. The van der Waals surface area contributed by atoms with Crippen LogP contribution in [0.1, 0.15) is 34.9 Å². The quantitative estimate of drug-likeness (QED) is 0.887. The van der Waals surface area contributed by atoms with Gasteiger partial charge in [0.2, 0.25) is 0 Å². The van der Waals surface area contributed by atoms with E-state index in [-0.39, 0.29) is 5.91 Å². The van der Waals surface area contributed by atoms with E-state index >= 15 is 0 Å². The van der Waals surface area contributed by atoms with Gasteiger partial charge in [-0.2, -0.15) is 0 Å². The summed E-state index contributed by atoms with van der Waals surface area (Å²) in [4.78, 5) is 18.6. The molecule has 0 atom stereocenters. The van der Waals surface area contributed by atoms with Gasteiger partial charge in [0.15, 0.2) is 0 Å². The molecule has 0 bridgehead atoms. The number of benzene rings is 1. The molecule has 0 fully saturated rings. The molecule has 0 aliphatic rings. The maximum atomic E-state index is 12.3. The van der Waals surface area contributed by atoms with Crippen LogP contribution in [-0.4, -0.2) is 28.9 Å². The predicted molar refractivity (Wildman–Crippen MR) is 87.9 cm³/mol. The maximum Gasteiger partial charge on any atom is 0.253 e. The lowest BCUT2D eigenvalue weighted by molar-refractivity contribution is 0.0773. The molecule has 21 heavy (non-hydrogen) atoms. The number of amides is 1. The highest BCUT2D eigenvalue weighted by atomic mass is 32.1. The number of nitrogens with one attached hydrogen (secondary N) is 1. The fourth-order valence-corrected chi connectivity index (χ4v) is 2.75. The second kappa shape index (κ2) is 7.22. The van der Waals surface area contributed by atoms with Crippen LogP contribution in [0.15, 0.2) is 29.6 Å². The lowest BCUT2D eigenvalue weighted by Crippen LogP contribution is -2.30. The molecule has 112 valence electrons. The summed E-state index contributed by atoms with van der Waals surface area (Å²) in [5.41, 5.74) is 2.69. The van der Waals surface area contributed by atoms with Crippen LogP contribution in [0.2, 0.25) is 0 Å². The van der Waals surface area contributed by atoms with E-state index in [4.69, 9.17) is 0 Å². The van der Waals surface area contributed by atoms with Gasteiger partial charge < -0.3 is 10.2 Å². The molecular weight excluding hydrogens is 282 g/mol. The number of carbonyl (C=O) groups excluding carboxylic acids is 1. The Hall–Kier alpha value is -1.88.